The minimum atomic E-state index is 0.228. The first-order valence-corrected chi connectivity index (χ1v) is 9.06. The van der Waals surface area contributed by atoms with Crippen LogP contribution in [0, 0.1) is 0 Å². The van der Waals surface area contributed by atoms with Crippen molar-refractivity contribution in [3.8, 4) is 0 Å². The lowest BCUT2D eigenvalue weighted by molar-refractivity contribution is 0.127. The third kappa shape index (κ3) is 3.81. The second-order valence-corrected chi connectivity index (χ2v) is 7.48. The molecule has 0 amide bonds. The highest BCUT2D eigenvalue weighted by atomic mass is 79.9. The van der Waals surface area contributed by atoms with Crippen LogP contribution in [0.25, 0.3) is 0 Å². The minimum absolute atomic E-state index is 0.228. The third-order valence-electron chi connectivity index (χ3n) is 4.22. The zero-order valence-corrected chi connectivity index (χ0v) is 14.3. The number of thiophene rings is 1. The molecule has 2 rings (SSSR count). The van der Waals surface area contributed by atoms with Gasteiger partial charge in [-0.2, -0.15) is 0 Å². The highest BCUT2D eigenvalue weighted by Crippen LogP contribution is 2.35. The average Bonchev–Trinajstić information content (AvgIpc) is 2.71. The van der Waals surface area contributed by atoms with Gasteiger partial charge >= 0.3 is 0 Å². The Morgan fingerprint density at radius 3 is 2.89 bits per heavy atom. The summed E-state index contributed by atoms with van der Waals surface area (Å²) in [6.07, 6.45) is 6.37. The summed E-state index contributed by atoms with van der Waals surface area (Å²) in [5.74, 6) is 0. The predicted octanol–water partition coefficient (Wildman–Crippen LogP) is 4.55. The van der Waals surface area contributed by atoms with Crippen molar-refractivity contribution in [2.24, 2.45) is 5.73 Å². The molecule has 1 aliphatic rings. The van der Waals surface area contributed by atoms with Crippen LogP contribution in [0.2, 0.25) is 0 Å². The molecule has 0 bridgehead atoms. The third-order valence-corrected chi connectivity index (χ3v) is 5.98. The van der Waals surface area contributed by atoms with Gasteiger partial charge in [-0.05, 0) is 54.7 Å². The molecule has 19 heavy (non-hydrogen) atoms. The van der Waals surface area contributed by atoms with Gasteiger partial charge in [-0.15, -0.1) is 11.3 Å². The Morgan fingerprint density at radius 1 is 1.47 bits per heavy atom. The van der Waals surface area contributed by atoms with Crippen LogP contribution in [0.5, 0.6) is 0 Å². The fourth-order valence-corrected chi connectivity index (χ4v) is 4.68. The quantitative estimate of drug-likeness (QED) is 0.867. The van der Waals surface area contributed by atoms with Crippen LogP contribution in [-0.4, -0.2) is 23.5 Å². The summed E-state index contributed by atoms with van der Waals surface area (Å²) in [7, 11) is 0. The van der Waals surface area contributed by atoms with Gasteiger partial charge in [0.25, 0.3) is 0 Å². The second kappa shape index (κ2) is 7.21. The number of hydrogen-bond donors (Lipinski definition) is 1. The standard InChI is InChI=1S/C15H25BrN2S/c1-3-13(17)15(14-9-12(16)10-19-14)18-8-6-4-5-7-11(18)2/h9-11,13,15H,3-8,17H2,1-2H3. The first kappa shape index (κ1) is 15.5. The van der Waals surface area contributed by atoms with E-state index in [1.165, 1.54) is 41.6 Å². The van der Waals surface area contributed by atoms with Crippen LogP contribution in [0.15, 0.2) is 15.9 Å². The van der Waals surface area contributed by atoms with Crippen molar-refractivity contribution < 1.29 is 0 Å². The Kier molecular flexibility index (Phi) is 5.87. The van der Waals surface area contributed by atoms with Crippen molar-refractivity contribution in [3.05, 3.63) is 20.8 Å². The zero-order chi connectivity index (χ0) is 13.8. The van der Waals surface area contributed by atoms with E-state index in [1.807, 2.05) is 11.3 Å². The summed E-state index contributed by atoms with van der Waals surface area (Å²) in [5, 5.41) is 2.17. The number of hydrogen-bond acceptors (Lipinski definition) is 3. The Labute approximate surface area is 129 Å². The smallest absolute Gasteiger partial charge is 0.0596 e. The van der Waals surface area contributed by atoms with Gasteiger partial charge in [-0.1, -0.05) is 19.8 Å². The van der Waals surface area contributed by atoms with Gasteiger partial charge in [0, 0.05) is 26.8 Å². The van der Waals surface area contributed by atoms with Crippen molar-refractivity contribution in [1.82, 2.24) is 4.90 Å². The molecule has 0 saturated carbocycles. The van der Waals surface area contributed by atoms with Crippen LogP contribution < -0.4 is 5.73 Å². The molecule has 1 aromatic heterocycles. The van der Waals surface area contributed by atoms with E-state index < -0.39 is 0 Å². The Hall–Kier alpha value is 0.1000. The molecule has 1 fully saturated rings. The molecule has 3 atom stereocenters. The summed E-state index contributed by atoms with van der Waals surface area (Å²) < 4.78 is 1.18. The highest BCUT2D eigenvalue weighted by molar-refractivity contribution is 9.10. The Bertz CT molecular complexity index is 393. The molecule has 1 aliphatic heterocycles. The predicted molar refractivity (Wildman–Crippen MR) is 87.7 cm³/mol. The van der Waals surface area contributed by atoms with Crippen LogP contribution in [0.4, 0.5) is 0 Å². The largest absolute Gasteiger partial charge is 0.326 e. The first-order chi connectivity index (χ1) is 9.13. The number of nitrogens with two attached hydrogens (primary N) is 1. The Balaban J connectivity index is 2.25. The van der Waals surface area contributed by atoms with Gasteiger partial charge < -0.3 is 5.73 Å². The van der Waals surface area contributed by atoms with Gasteiger partial charge in [0.1, 0.15) is 0 Å². The van der Waals surface area contributed by atoms with E-state index in [1.54, 1.807) is 0 Å². The van der Waals surface area contributed by atoms with Crippen molar-refractivity contribution in [2.75, 3.05) is 6.54 Å². The lowest BCUT2D eigenvalue weighted by Gasteiger charge is -2.38. The van der Waals surface area contributed by atoms with Crippen LogP contribution in [0.1, 0.15) is 56.9 Å². The molecule has 1 saturated heterocycles. The maximum atomic E-state index is 6.45. The van der Waals surface area contributed by atoms with Gasteiger partial charge in [0.05, 0.1) is 6.04 Å². The summed E-state index contributed by atoms with van der Waals surface area (Å²) in [6.45, 7) is 5.75. The monoisotopic (exact) mass is 344 g/mol. The van der Waals surface area contributed by atoms with E-state index in [0.29, 0.717) is 12.1 Å². The molecular formula is C15H25BrN2S. The number of nitrogens with zero attached hydrogens (tertiary/aromatic N) is 1. The van der Waals surface area contributed by atoms with E-state index in [4.69, 9.17) is 5.73 Å². The topological polar surface area (TPSA) is 29.3 Å². The molecule has 0 radical (unpaired) electrons. The van der Waals surface area contributed by atoms with Gasteiger partial charge in [-0.3, -0.25) is 4.90 Å². The van der Waals surface area contributed by atoms with E-state index >= 15 is 0 Å². The van der Waals surface area contributed by atoms with E-state index in [9.17, 15) is 0 Å². The SMILES string of the molecule is CCC(N)C(c1cc(Br)cs1)N1CCCCCC1C. The Morgan fingerprint density at radius 2 is 2.26 bits per heavy atom. The zero-order valence-electron chi connectivity index (χ0n) is 11.9. The molecule has 3 unspecified atom stereocenters. The summed E-state index contributed by atoms with van der Waals surface area (Å²) in [6, 6.07) is 3.51. The summed E-state index contributed by atoms with van der Waals surface area (Å²) in [5.41, 5.74) is 6.45. The molecule has 0 aliphatic carbocycles. The molecule has 108 valence electrons. The lowest BCUT2D eigenvalue weighted by Crippen LogP contribution is -2.44. The van der Waals surface area contributed by atoms with Crippen molar-refractivity contribution >= 4 is 27.3 Å². The van der Waals surface area contributed by atoms with Gasteiger partial charge in [0.15, 0.2) is 0 Å². The highest BCUT2D eigenvalue weighted by Gasteiger charge is 2.30. The fraction of sp³-hybridized carbons (Fsp3) is 0.733. The lowest BCUT2D eigenvalue weighted by atomic mass is 10.0. The maximum absolute atomic E-state index is 6.45. The molecule has 1 aromatic rings. The minimum Gasteiger partial charge on any atom is -0.326 e. The molecule has 2 N–H and O–H groups in total. The van der Waals surface area contributed by atoms with Gasteiger partial charge in [-0.25, -0.2) is 0 Å². The first-order valence-electron chi connectivity index (χ1n) is 7.38. The van der Waals surface area contributed by atoms with E-state index in [0.717, 1.165) is 6.42 Å². The number of likely N-dealkylation sites (tertiary alicyclic amines) is 1. The van der Waals surface area contributed by atoms with Crippen LogP contribution >= 0.6 is 27.3 Å². The van der Waals surface area contributed by atoms with Crippen molar-refractivity contribution in [1.29, 1.82) is 0 Å². The molecule has 4 heteroatoms. The van der Waals surface area contributed by atoms with E-state index in [2.05, 4.69) is 46.1 Å². The summed E-state index contributed by atoms with van der Waals surface area (Å²) >= 11 is 5.41. The molecule has 0 spiro atoms. The molecule has 2 heterocycles. The fourth-order valence-electron chi connectivity index (χ4n) is 3.04. The normalized spacial score (nSPS) is 24.9. The molecule has 2 nitrogen and oxygen atoms in total. The van der Waals surface area contributed by atoms with Crippen molar-refractivity contribution in [2.45, 2.75) is 64.1 Å². The molecule has 0 aromatic carbocycles. The second-order valence-electron chi connectivity index (χ2n) is 5.62. The average molecular weight is 345 g/mol. The van der Waals surface area contributed by atoms with E-state index in [-0.39, 0.29) is 6.04 Å². The van der Waals surface area contributed by atoms with Crippen LogP contribution in [0.3, 0.4) is 0 Å². The summed E-state index contributed by atoms with van der Waals surface area (Å²) in [4.78, 5) is 4.06. The number of rotatable bonds is 4. The van der Waals surface area contributed by atoms with Crippen molar-refractivity contribution in [3.63, 3.8) is 0 Å². The molecular weight excluding hydrogens is 320 g/mol. The van der Waals surface area contributed by atoms with Crippen LogP contribution in [-0.2, 0) is 0 Å². The van der Waals surface area contributed by atoms with Gasteiger partial charge in [0.2, 0.25) is 0 Å². The number of halogens is 1. The maximum Gasteiger partial charge on any atom is 0.0596 e.